The molecule has 0 heterocycles. The first kappa shape index (κ1) is 10.4. The molecule has 1 aromatic rings. The molecule has 0 radical (unpaired) electrons. The zero-order chi connectivity index (χ0) is 7.56. The lowest BCUT2D eigenvalue weighted by Gasteiger charge is -1.92. The molecule has 60 valence electrons. The number of carbonyl (C=O) groups is 1. The molecule has 4 heteroatoms. The summed E-state index contributed by atoms with van der Waals surface area (Å²) in [7, 11) is 0. The van der Waals surface area contributed by atoms with Gasteiger partial charge in [0.1, 0.15) is 5.82 Å². The Morgan fingerprint density at radius 1 is 1.36 bits per heavy atom. The Balaban J connectivity index is 0.000001000. The van der Waals surface area contributed by atoms with Crippen molar-refractivity contribution >= 4 is 29.3 Å². The maximum atomic E-state index is 12.5. The molecule has 1 nitrogen and oxygen atoms in total. The van der Waals surface area contributed by atoms with Crippen molar-refractivity contribution in [3.63, 3.8) is 0 Å². The van der Waals surface area contributed by atoms with Gasteiger partial charge in [-0.05, 0) is 23.7 Å². The second-order valence-electron chi connectivity index (χ2n) is 1.75. The van der Waals surface area contributed by atoms with E-state index in [2.05, 4.69) is 0 Å². The lowest BCUT2D eigenvalue weighted by atomic mass is 10.2. The van der Waals surface area contributed by atoms with E-state index in [0.717, 1.165) is 0 Å². The zero-order valence-electron chi connectivity index (χ0n) is 5.38. The van der Waals surface area contributed by atoms with Crippen molar-refractivity contribution < 1.29 is 9.18 Å². The molecule has 0 amide bonds. The Hall–Kier alpha value is -0.600. The fourth-order valence-corrected chi connectivity index (χ4v) is 0.774. The molecule has 0 spiro atoms. The van der Waals surface area contributed by atoms with Gasteiger partial charge in [0.2, 0.25) is 0 Å². The van der Waals surface area contributed by atoms with Crippen LogP contribution >= 0.6 is 24.0 Å². The number of hydrogen-bond donors (Lipinski definition) is 0. The smallest absolute Gasteiger partial charge is 0.255 e. The minimum atomic E-state index is -0.766. The van der Waals surface area contributed by atoms with Crippen LogP contribution in [-0.2, 0) is 0 Å². The van der Waals surface area contributed by atoms with Gasteiger partial charge < -0.3 is 0 Å². The number of benzene rings is 1. The van der Waals surface area contributed by atoms with Crippen molar-refractivity contribution in [1.29, 1.82) is 0 Å². The van der Waals surface area contributed by atoms with E-state index in [1.165, 1.54) is 18.2 Å². The average Bonchev–Trinajstić information content (AvgIpc) is 1.88. The number of hydrogen-bond acceptors (Lipinski definition) is 1. The Morgan fingerprint density at radius 2 is 1.91 bits per heavy atom. The van der Waals surface area contributed by atoms with E-state index in [1.807, 2.05) is 0 Å². The average molecular weight is 195 g/mol. The molecule has 1 rings (SSSR count). The van der Waals surface area contributed by atoms with Gasteiger partial charge in [-0.3, -0.25) is 4.79 Å². The first-order chi connectivity index (χ1) is 4.72. The van der Waals surface area contributed by atoms with E-state index >= 15 is 0 Å². The summed E-state index contributed by atoms with van der Waals surface area (Å²) < 4.78 is 12.5. The van der Waals surface area contributed by atoms with Crippen LogP contribution in [0.25, 0.3) is 0 Å². The Kier molecular flexibility index (Phi) is 4.08. The molecule has 0 saturated carbocycles. The van der Waals surface area contributed by atoms with Gasteiger partial charge in [-0.1, -0.05) is 12.1 Å². The molecule has 0 unspecified atom stereocenters. The van der Waals surface area contributed by atoms with E-state index in [0.29, 0.717) is 0 Å². The topological polar surface area (TPSA) is 17.1 Å². The van der Waals surface area contributed by atoms with Gasteiger partial charge in [0.05, 0.1) is 5.56 Å². The maximum Gasteiger partial charge on any atom is 0.255 e. The van der Waals surface area contributed by atoms with Gasteiger partial charge in [0.25, 0.3) is 5.24 Å². The molecule has 0 aliphatic carbocycles. The van der Waals surface area contributed by atoms with Gasteiger partial charge in [-0.15, -0.1) is 12.4 Å². The molecule has 0 aliphatic heterocycles. The van der Waals surface area contributed by atoms with Gasteiger partial charge in [-0.2, -0.15) is 0 Å². The third-order valence-electron chi connectivity index (χ3n) is 1.09. The van der Waals surface area contributed by atoms with Crippen molar-refractivity contribution in [2.45, 2.75) is 0 Å². The van der Waals surface area contributed by atoms with Crippen LogP contribution in [0.4, 0.5) is 4.39 Å². The molecule has 0 saturated heterocycles. The SMILES string of the molecule is Cl.O=C(Cl)c1ccccc1F. The number of carbonyl (C=O) groups excluding carboxylic acids is 1. The molecular weight excluding hydrogens is 190 g/mol. The Labute approximate surface area is 74.6 Å². The van der Waals surface area contributed by atoms with Crippen LogP contribution in [0.2, 0.25) is 0 Å². The summed E-state index contributed by atoms with van der Waals surface area (Å²) in [5.41, 5.74) is -0.0795. The highest BCUT2D eigenvalue weighted by molar-refractivity contribution is 6.67. The molecular formula is C7H5Cl2FO. The van der Waals surface area contributed by atoms with Crippen LogP contribution in [0.3, 0.4) is 0 Å². The summed E-state index contributed by atoms with van der Waals surface area (Å²) in [4.78, 5) is 10.4. The highest BCUT2D eigenvalue weighted by atomic mass is 35.5. The van der Waals surface area contributed by atoms with Crippen LogP contribution in [0.1, 0.15) is 10.4 Å². The minimum Gasteiger partial charge on any atom is -0.275 e. The highest BCUT2D eigenvalue weighted by Crippen LogP contribution is 2.08. The summed E-state index contributed by atoms with van der Waals surface area (Å²) in [5.74, 6) is -0.581. The molecule has 0 N–H and O–H groups in total. The molecule has 0 fully saturated rings. The second-order valence-corrected chi connectivity index (χ2v) is 2.10. The van der Waals surface area contributed by atoms with Crippen LogP contribution in [0, 0.1) is 5.82 Å². The fourth-order valence-electron chi connectivity index (χ4n) is 0.621. The molecule has 0 aromatic heterocycles. The highest BCUT2D eigenvalue weighted by Gasteiger charge is 2.05. The van der Waals surface area contributed by atoms with E-state index in [-0.39, 0.29) is 18.0 Å². The second kappa shape index (κ2) is 4.31. The van der Waals surface area contributed by atoms with E-state index < -0.39 is 11.1 Å². The molecule has 0 bridgehead atoms. The van der Waals surface area contributed by atoms with E-state index in [9.17, 15) is 9.18 Å². The van der Waals surface area contributed by atoms with E-state index in [4.69, 9.17) is 11.6 Å². The number of halogens is 3. The monoisotopic (exact) mass is 194 g/mol. The van der Waals surface area contributed by atoms with Gasteiger partial charge >= 0.3 is 0 Å². The Morgan fingerprint density at radius 3 is 2.27 bits per heavy atom. The summed E-state index contributed by atoms with van der Waals surface area (Å²) in [5, 5.41) is -0.766. The van der Waals surface area contributed by atoms with Gasteiger partial charge in [0, 0.05) is 0 Å². The standard InChI is InChI=1S/C7H4ClFO.ClH/c8-7(10)5-3-1-2-4-6(5)9;/h1-4H;1H. The van der Waals surface area contributed by atoms with Crippen LogP contribution < -0.4 is 0 Å². The quantitative estimate of drug-likeness (QED) is 0.629. The first-order valence-electron chi connectivity index (χ1n) is 2.66. The largest absolute Gasteiger partial charge is 0.275 e. The molecule has 0 aliphatic rings. The van der Waals surface area contributed by atoms with Crippen molar-refractivity contribution in [3.8, 4) is 0 Å². The predicted molar refractivity (Wildman–Crippen MR) is 43.8 cm³/mol. The predicted octanol–water partition coefficient (Wildman–Crippen LogP) is 2.63. The van der Waals surface area contributed by atoms with Crippen molar-refractivity contribution in [1.82, 2.24) is 0 Å². The molecule has 1 aromatic carbocycles. The zero-order valence-corrected chi connectivity index (χ0v) is 6.95. The lowest BCUT2D eigenvalue weighted by Crippen LogP contribution is -1.92. The summed E-state index contributed by atoms with van der Waals surface area (Å²) in [6, 6.07) is 5.58. The molecule has 0 atom stereocenters. The van der Waals surface area contributed by atoms with Crippen LogP contribution in [0.15, 0.2) is 24.3 Å². The minimum absolute atomic E-state index is 0. The normalized spacial score (nSPS) is 8.55. The fraction of sp³-hybridized carbons (Fsp3) is 0. The van der Waals surface area contributed by atoms with Crippen molar-refractivity contribution in [2.24, 2.45) is 0 Å². The molecule has 11 heavy (non-hydrogen) atoms. The number of rotatable bonds is 1. The third kappa shape index (κ3) is 2.48. The third-order valence-corrected chi connectivity index (χ3v) is 1.29. The Bertz CT molecular complexity index is 262. The summed E-state index contributed by atoms with van der Waals surface area (Å²) in [6.07, 6.45) is 0. The van der Waals surface area contributed by atoms with Crippen LogP contribution in [-0.4, -0.2) is 5.24 Å². The van der Waals surface area contributed by atoms with E-state index in [1.54, 1.807) is 6.07 Å². The van der Waals surface area contributed by atoms with Crippen molar-refractivity contribution in [3.05, 3.63) is 35.6 Å². The van der Waals surface area contributed by atoms with Gasteiger partial charge in [-0.25, -0.2) is 4.39 Å². The van der Waals surface area contributed by atoms with Crippen molar-refractivity contribution in [2.75, 3.05) is 0 Å². The summed E-state index contributed by atoms with van der Waals surface area (Å²) in [6.45, 7) is 0. The maximum absolute atomic E-state index is 12.5. The summed E-state index contributed by atoms with van der Waals surface area (Å²) >= 11 is 5.03. The lowest BCUT2D eigenvalue weighted by molar-refractivity contribution is 0.107. The van der Waals surface area contributed by atoms with Gasteiger partial charge in [0.15, 0.2) is 0 Å². The first-order valence-corrected chi connectivity index (χ1v) is 3.04. The van der Waals surface area contributed by atoms with Crippen LogP contribution in [0.5, 0.6) is 0 Å².